The van der Waals surface area contributed by atoms with Crippen molar-refractivity contribution in [1.29, 1.82) is 0 Å². The third-order valence-corrected chi connectivity index (χ3v) is 6.06. The van der Waals surface area contributed by atoms with Crippen molar-refractivity contribution >= 4 is 46.3 Å². The predicted molar refractivity (Wildman–Crippen MR) is 124 cm³/mol. The van der Waals surface area contributed by atoms with Crippen LogP contribution in [-0.2, 0) is 0 Å². The van der Waals surface area contributed by atoms with Crippen molar-refractivity contribution in [2.24, 2.45) is 4.99 Å². The molecule has 2 fully saturated rings. The van der Waals surface area contributed by atoms with Crippen LogP contribution in [0.4, 0.5) is 5.00 Å². The summed E-state index contributed by atoms with van der Waals surface area (Å²) < 4.78 is 0. The Morgan fingerprint density at radius 2 is 1.96 bits per heavy atom. The molecule has 0 aromatic carbocycles. The lowest BCUT2D eigenvalue weighted by Crippen LogP contribution is -2.48. The molecule has 0 spiro atoms. The summed E-state index contributed by atoms with van der Waals surface area (Å²) in [7, 11) is 0. The van der Waals surface area contributed by atoms with Gasteiger partial charge in [0.05, 0.1) is 11.5 Å². The summed E-state index contributed by atoms with van der Waals surface area (Å²) in [6.07, 6.45) is 6.45. The molecule has 0 unspecified atom stereocenters. The Morgan fingerprint density at radius 3 is 2.62 bits per heavy atom. The van der Waals surface area contributed by atoms with Gasteiger partial charge in [-0.05, 0) is 63.2 Å². The Balaban J connectivity index is 0.00000243. The number of thiophene rings is 1. The first kappa shape index (κ1) is 21.8. The number of guanidine groups is 1. The minimum Gasteiger partial charge on any atom is -0.363 e. The van der Waals surface area contributed by atoms with E-state index >= 15 is 0 Å². The number of rotatable bonds is 6. The van der Waals surface area contributed by atoms with Crippen molar-refractivity contribution in [2.75, 3.05) is 50.7 Å². The Hall–Kier alpha value is -0.540. The quantitative estimate of drug-likeness (QED) is 0.364. The fourth-order valence-electron chi connectivity index (χ4n) is 3.69. The van der Waals surface area contributed by atoms with Crippen molar-refractivity contribution < 1.29 is 0 Å². The van der Waals surface area contributed by atoms with Crippen molar-refractivity contribution in [2.45, 2.75) is 45.1 Å². The fraction of sp³-hybridized carbons (Fsp3) is 0.737. The molecular weight excluding hydrogens is 457 g/mol. The molecule has 0 amide bonds. The van der Waals surface area contributed by atoms with Gasteiger partial charge in [-0.15, -0.1) is 35.3 Å². The third-order valence-electron chi connectivity index (χ3n) is 5.13. The molecule has 0 atom stereocenters. The maximum Gasteiger partial charge on any atom is 0.191 e. The summed E-state index contributed by atoms with van der Waals surface area (Å²) in [6.45, 7) is 9.81. The normalized spacial score (nSPS) is 19.9. The summed E-state index contributed by atoms with van der Waals surface area (Å²) in [5.74, 6) is 0.995. The van der Waals surface area contributed by atoms with Crippen LogP contribution in [-0.4, -0.2) is 62.7 Å². The molecule has 26 heavy (non-hydrogen) atoms. The largest absolute Gasteiger partial charge is 0.363 e. The number of likely N-dealkylation sites (tertiary alicyclic amines) is 1. The van der Waals surface area contributed by atoms with Crippen molar-refractivity contribution in [3.05, 3.63) is 17.5 Å². The van der Waals surface area contributed by atoms with Crippen LogP contribution in [0.3, 0.4) is 0 Å². The van der Waals surface area contributed by atoms with E-state index in [1.54, 1.807) is 0 Å². The first-order chi connectivity index (χ1) is 12.3. The Bertz CT molecular complexity index is 508. The molecule has 0 saturated carbocycles. The zero-order valence-electron chi connectivity index (χ0n) is 16.0. The van der Waals surface area contributed by atoms with Crippen LogP contribution in [0.5, 0.6) is 0 Å². The number of nitrogens with zero attached hydrogens (tertiary/aromatic N) is 3. The molecule has 3 heterocycles. The van der Waals surface area contributed by atoms with E-state index < -0.39 is 0 Å². The maximum absolute atomic E-state index is 4.81. The SMILES string of the molecule is CCNC(=NCCN1CCCCC1)NC1CCN(c2cccs2)CC1.I. The number of piperidine rings is 2. The third kappa shape index (κ3) is 6.88. The lowest BCUT2D eigenvalue weighted by atomic mass is 10.1. The fourth-order valence-corrected chi connectivity index (χ4v) is 4.48. The van der Waals surface area contributed by atoms with Gasteiger partial charge in [0.25, 0.3) is 0 Å². The molecule has 1 aromatic heterocycles. The number of halogens is 1. The first-order valence-electron chi connectivity index (χ1n) is 9.91. The van der Waals surface area contributed by atoms with Crippen molar-refractivity contribution in [3.8, 4) is 0 Å². The average Bonchev–Trinajstić information content (AvgIpc) is 3.18. The van der Waals surface area contributed by atoms with Gasteiger partial charge >= 0.3 is 0 Å². The van der Waals surface area contributed by atoms with E-state index in [1.165, 1.54) is 50.2 Å². The first-order valence-corrected chi connectivity index (χ1v) is 10.8. The second-order valence-electron chi connectivity index (χ2n) is 7.02. The van der Waals surface area contributed by atoms with Gasteiger partial charge in [-0.2, -0.15) is 0 Å². The highest BCUT2D eigenvalue weighted by Gasteiger charge is 2.20. The Morgan fingerprint density at radius 1 is 1.19 bits per heavy atom. The van der Waals surface area contributed by atoms with Gasteiger partial charge in [-0.3, -0.25) is 4.99 Å². The topological polar surface area (TPSA) is 42.9 Å². The summed E-state index contributed by atoms with van der Waals surface area (Å²) in [4.78, 5) is 9.87. The smallest absolute Gasteiger partial charge is 0.191 e. The number of nitrogens with one attached hydrogen (secondary N) is 2. The van der Waals surface area contributed by atoms with Gasteiger partial charge in [0.1, 0.15) is 0 Å². The van der Waals surface area contributed by atoms with Gasteiger partial charge in [0.15, 0.2) is 5.96 Å². The highest BCUT2D eigenvalue weighted by molar-refractivity contribution is 14.0. The number of anilines is 1. The van der Waals surface area contributed by atoms with E-state index in [0.29, 0.717) is 6.04 Å². The van der Waals surface area contributed by atoms with E-state index in [-0.39, 0.29) is 24.0 Å². The summed E-state index contributed by atoms with van der Waals surface area (Å²) >= 11 is 1.84. The zero-order valence-corrected chi connectivity index (χ0v) is 19.1. The molecule has 0 aliphatic carbocycles. The molecule has 2 N–H and O–H groups in total. The highest BCUT2D eigenvalue weighted by atomic mass is 127. The van der Waals surface area contributed by atoms with Gasteiger partial charge in [-0.1, -0.05) is 6.42 Å². The highest BCUT2D eigenvalue weighted by Crippen LogP contribution is 2.24. The van der Waals surface area contributed by atoms with Crippen LogP contribution in [0.1, 0.15) is 39.0 Å². The second kappa shape index (κ2) is 12.0. The number of hydrogen-bond acceptors (Lipinski definition) is 4. The molecule has 0 radical (unpaired) electrons. The van der Waals surface area contributed by atoms with E-state index in [2.05, 4.69) is 44.9 Å². The molecule has 5 nitrogen and oxygen atoms in total. The average molecular weight is 491 g/mol. The van der Waals surface area contributed by atoms with E-state index in [9.17, 15) is 0 Å². The van der Waals surface area contributed by atoms with Crippen LogP contribution in [0, 0.1) is 0 Å². The van der Waals surface area contributed by atoms with Gasteiger partial charge in [-0.25, -0.2) is 0 Å². The molecule has 3 rings (SSSR count). The van der Waals surface area contributed by atoms with Gasteiger partial charge < -0.3 is 20.4 Å². The van der Waals surface area contributed by atoms with Gasteiger partial charge in [0.2, 0.25) is 0 Å². The monoisotopic (exact) mass is 491 g/mol. The molecule has 7 heteroatoms. The van der Waals surface area contributed by atoms with E-state index in [4.69, 9.17) is 4.99 Å². The second-order valence-corrected chi connectivity index (χ2v) is 7.95. The Labute approximate surface area is 179 Å². The predicted octanol–water partition coefficient (Wildman–Crippen LogP) is 3.38. The van der Waals surface area contributed by atoms with Crippen LogP contribution in [0.15, 0.2) is 22.5 Å². The minimum atomic E-state index is 0. The van der Waals surface area contributed by atoms with Crippen molar-refractivity contribution in [1.82, 2.24) is 15.5 Å². The lowest BCUT2D eigenvalue weighted by molar-refractivity contribution is 0.235. The summed E-state index contributed by atoms with van der Waals surface area (Å²) in [5, 5.41) is 10.6. The molecule has 2 aliphatic heterocycles. The maximum atomic E-state index is 4.81. The van der Waals surface area contributed by atoms with Crippen LogP contribution < -0.4 is 15.5 Å². The van der Waals surface area contributed by atoms with Crippen LogP contribution in [0.25, 0.3) is 0 Å². The summed E-state index contributed by atoms with van der Waals surface area (Å²) in [5.41, 5.74) is 0. The van der Waals surface area contributed by atoms with Crippen LogP contribution >= 0.6 is 35.3 Å². The van der Waals surface area contributed by atoms with Gasteiger partial charge in [0, 0.05) is 32.2 Å². The molecule has 148 valence electrons. The van der Waals surface area contributed by atoms with E-state index in [1.807, 2.05) is 11.3 Å². The molecule has 2 saturated heterocycles. The molecule has 2 aliphatic rings. The zero-order chi connectivity index (χ0) is 17.3. The van der Waals surface area contributed by atoms with E-state index in [0.717, 1.165) is 38.7 Å². The summed E-state index contributed by atoms with van der Waals surface area (Å²) in [6, 6.07) is 4.90. The molecular formula is C19H34IN5S. The lowest BCUT2D eigenvalue weighted by Gasteiger charge is -2.33. The van der Waals surface area contributed by atoms with Crippen LogP contribution in [0.2, 0.25) is 0 Å². The number of aliphatic imine (C=N–C) groups is 1. The minimum absolute atomic E-state index is 0. The van der Waals surface area contributed by atoms with Crippen molar-refractivity contribution in [3.63, 3.8) is 0 Å². The Kier molecular flexibility index (Phi) is 10.1. The number of hydrogen-bond donors (Lipinski definition) is 2. The standard InChI is InChI=1S/C19H33N5S.HI/c1-2-20-19(21-10-15-23-11-4-3-5-12-23)22-17-8-13-24(14-9-17)18-7-6-16-25-18;/h6-7,16-17H,2-5,8-15H2,1H3,(H2,20,21,22);1H. The molecule has 1 aromatic rings. The molecule has 0 bridgehead atoms.